The van der Waals surface area contributed by atoms with Gasteiger partial charge in [0.1, 0.15) is 0 Å². The molecule has 0 bridgehead atoms. The minimum atomic E-state index is 0.294. The Morgan fingerprint density at radius 2 is 1.96 bits per heavy atom. The molecule has 25 heavy (non-hydrogen) atoms. The van der Waals surface area contributed by atoms with Crippen LogP contribution in [0.1, 0.15) is 30.3 Å². The van der Waals surface area contributed by atoms with E-state index in [0.29, 0.717) is 18.2 Å². The summed E-state index contributed by atoms with van der Waals surface area (Å²) in [6.07, 6.45) is 2.71. The van der Waals surface area contributed by atoms with Gasteiger partial charge in [-0.1, -0.05) is 30.3 Å². The molecule has 0 N–H and O–H groups in total. The molecule has 7 nitrogen and oxygen atoms in total. The minimum Gasteiger partial charge on any atom is -0.374 e. The van der Waals surface area contributed by atoms with Crippen LogP contribution in [0.3, 0.4) is 0 Å². The first-order valence-corrected chi connectivity index (χ1v) is 9.25. The number of hydrogen-bond acceptors (Lipinski definition) is 6. The third kappa shape index (κ3) is 3.19. The predicted octanol–water partition coefficient (Wildman–Crippen LogP) is 1.09. The highest BCUT2D eigenvalue weighted by molar-refractivity contribution is 5.15. The largest absolute Gasteiger partial charge is 0.374 e. The van der Waals surface area contributed by atoms with Gasteiger partial charge in [0.05, 0.1) is 31.3 Å². The van der Waals surface area contributed by atoms with Crippen molar-refractivity contribution in [1.82, 2.24) is 30.0 Å². The van der Waals surface area contributed by atoms with Crippen LogP contribution in [0.4, 0.5) is 0 Å². The molecule has 0 amide bonds. The summed E-state index contributed by atoms with van der Waals surface area (Å²) in [6.45, 7) is 5.63. The molecule has 2 aliphatic heterocycles. The Bertz CT molecular complexity index is 715. The quantitative estimate of drug-likeness (QED) is 0.812. The number of morpholine rings is 1. The highest BCUT2D eigenvalue weighted by atomic mass is 16.5. The van der Waals surface area contributed by atoms with Crippen LogP contribution in [-0.4, -0.2) is 68.4 Å². The summed E-state index contributed by atoms with van der Waals surface area (Å²) in [4.78, 5) is 5.02. The van der Waals surface area contributed by atoms with Crippen molar-refractivity contribution < 1.29 is 4.74 Å². The second-order valence-corrected chi connectivity index (χ2v) is 7.40. The van der Waals surface area contributed by atoms with E-state index in [2.05, 4.69) is 55.7 Å². The number of ether oxygens (including phenoxy) is 1. The van der Waals surface area contributed by atoms with Gasteiger partial charge in [0, 0.05) is 26.2 Å². The zero-order valence-electron chi connectivity index (χ0n) is 14.4. The van der Waals surface area contributed by atoms with E-state index in [0.717, 1.165) is 45.2 Å². The van der Waals surface area contributed by atoms with E-state index in [4.69, 9.17) is 4.74 Å². The van der Waals surface area contributed by atoms with E-state index in [1.807, 2.05) is 4.68 Å². The van der Waals surface area contributed by atoms with E-state index in [1.165, 1.54) is 18.4 Å². The first-order chi connectivity index (χ1) is 12.4. The van der Waals surface area contributed by atoms with Crippen molar-refractivity contribution in [3.05, 3.63) is 41.7 Å². The van der Waals surface area contributed by atoms with Crippen LogP contribution < -0.4 is 0 Å². The maximum atomic E-state index is 6.07. The zero-order valence-corrected chi connectivity index (χ0v) is 14.4. The molecule has 1 aromatic carbocycles. The van der Waals surface area contributed by atoms with Crippen molar-refractivity contribution in [2.45, 2.75) is 44.1 Å². The average Bonchev–Trinajstić information content (AvgIpc) is 3.23. The van der Waals surface area contributed by atoms with Crippen LogP contribution in [-0.2, 0) is 17.8 Å². The molecule has 1 aromatic heterocycles. The van der Waals surface area contributed by atoms with Crippen LogP contribution in [0.5, 0.6) is 0 Å². The first kappa shape index (κ1) is 15.4. The number of nitrogens with zero attached hydrogens (tertiary/aromatic N) is 6. The number of rotatable bonds is 5. The van der Waals surface area contributed by atoms with Gasteiger partial charge in [0.15, 0.2) is 5.82 Å². The molecule has 132 valence electrons. The molecule has 2 saturated heterocycles. The van der Waals surface area contributed by atoms with Gasteiger partial charge in [-0.15, -0.1) is 5.10 Å². The lowest BCUT2D eigenvalue weighted by Gasteiger charge is -2.37. The molecule has 7 heteroatoms. The van der Waals surface area contributed by atoms with Crippen LogP contribution >= 0.6 is 0 Å². The minimum absolute atomic E-state index is 0.294. The first-order valence-electron chi connectivity index (χ1n) is 9.25. The summed E-state index contributed by atoms with van der Waals surface area (Å²) >= 11 is 0. The van der Waals surface area contributed by atoms with E-state index >= 15 is 0 Å². The highest BCUT2D eigenvalue weighted by Crippen LogP contribution is 2.35. The fraction of sp³-hybridized carbons (Fsp3) is 0.611. The molecule has 5 rings (SSSR count). The average molecular weight is 340 g/mol. The molecule has 0 radical (unpaired) electrons. The van der Waals surface area contributed by atoms with Crippen LogP contribution in [0.15, 0.2) is 30.3 Å². The maximum Gasteiger partial charge on any atom is 0.165 e. The Hall–Kier alpha value is -1.83. The number of benzene rings is 1. The smallest absolute Gasteiger partial charge is 0.165 e. The topological polar surface area (TPSA) is 59.3 Å². The van der Waals surface area contributed by atoms with E-state index in [-0.39, 0.29) is 0 Å². The molecular formula is C18H24N6O. The van der Waals surface area contributed by atoms with Gasteiger partial charge < -0.3 is 4.74 Å². The lowest BCUT2D eigenvalue weighted by molar-refractivity contribution is -0.0504. The summed E-state index contributed by atoms with van der Waals surface area (Å²) in [5.74, 6) is 0.996. The van der Waals surface area contributed by atoms with Gasteiger partial charge >= 0.3 is 0 Å². The van der Waals surface area contributed by atoms with Crippen molar-refractivity contribution in [1.29, 1.82) is 0 Å². The summed E-state index contributed by atoms with van der Waals surface area (Å²) in [7, 11) is 0. The van der Waals surface area contributed by atoms with Gasteiger partial charge in [-0.25, -0.2) is 4.68 Å². The summed E-state index contributed by atoms with van der Waals surface area (Å²) in [5.41, 5.74) is 1.37. The van der Waals surface area contributed by atoms with E-state index < -0.39 is 0 Å². The van der Waals surface area contributed by atoms with Gasteiger partial charge in [0.25, 0.3) is 0 Å². The third-order valence-electron chi connectivity index (χ3n) is 5.54. The standard InChI is InChI=1S/C18H24N6O/c1-2-4-14(5-3-1)10-23-8-9-25-17-12-22(11-16(17)23)13-18-19-20-21-24(18)15-6-7-15/h1-5,15-17H,6-13H2. The fourth-order valence-corrected chi connectivity index (χ4v) is 4.10. The molecule has 2 atom stereocenters. The van der Waals surface area contributed by atoms with E-state index in [9.17, 15) is 0 Å². The van der Waals surface area contributed by atoms with Crippen molar-refractivity contribution in [2.24, 2.45) is 0 Å². The summed E-state index contributed by atoms with van der Waals surface area (Å²) in [6, 6.07) is 11.7. The number of hydrogen-bond donors (Lipinski definition) is 0. The summed E-state index contributed by atoms with van der Waals surface area (Å²) in [5, 5.41) is 12.3. The van der Waals surface area contributed by atoms with Gasteiger partial charge in [0.2, 0.25) is 0 Å². The van der Waals surface area contributed by atoms with Crippen LogP contribution in [0.25, 0.3) is 0 Å². The number of likely N-dealkylation sites (tertiary alicyclic amines) is 1. The van der Waals surface area contributed by atoms with Crippen LogP contribution in [0, 0.1) is 0 Å². The number of tetrazole rings is 1. The molecule has 1 saturated carbocycles. The fourth-order valence-electron chi connectivity index (χ4n) is 4.10. The zero-order chi connectivity index (χ0) is 16.6. The predicted molar refractivity (Wildman–Crippen MR) is 91.7 cm³/mol. The van der Waals surface area contributed by atoms with Crippen molar-refractivity contribution in [3.8, 4) is 0 Å². The Morgan fingerprint density at radius 3 is 2.80 bits per heavy atom. The Morgan fingerprint density at radius 1 is 1.08 bits per heavy atom. The molecule has 3 heterocycles. The highest BCUT2D eigenvalue weighted by Gasteiger charge is 2.40. The van der Waals surface area contributed by atoms with Crippen molar-refractivity contribution in [3.63, 3.8) is 0 Å². The molecule has 2 aromatic rings. The van der Waals surface area contributed by atoms with Crippen molar-refractivity contribution in [2.75, 3.05) is 26.2 Å². The molecule has 1 aliphatic carbocycles. The van der Waals surface area contributed by atoms with E-state index in [1.54, 1.807) is 0 Å². The SMILES string of the molecule is c1ccc(CN2CCOC3CN(Cc4nnnn4C4CC4)CC32)cc1. The number of fused-ring (bicyclic) bond motifs is 1. The Labute approximate surface area is 147 Å². The maximum absolute atomic E-state index is 6.07. The van der Waals surface area contributed by atoms with Gasteiger partial charge in [-0.3, -0.25) is 9.80 Å². The monoisotopic (exact) mass is 340 g/mol. The molecule has 3 fully saturated rings. The third-order valence-corrected chi connectivity index (χ3v) is 5.54. The molecule has 2 unspecified atom stereocenters. The lowest BCUT2D eigenvalue weighted by atomic mass is 10.1. The van der Waals surface area contributed by atoms with Crippen LogP contribution in [0.2, 0.25) is 0 Å². The Balaban J connectivity index is 1.26. The molecule has 0 spiro atoms. The second kappa shape index (κ2) is 6.48. The van der Waals surface area contributed by atoms with Crippen molar-refractivity contribution >= 4 is 0 Å². The van der Waals surface area contributed by atoms with Gasteiger partial charge in [-0.05, 0) is 28.8 Å². The molecule has 3 aliphatic rings. The van der Waals surface area contributed by atoms with Gasteiger partial charge in [-0.2, -0.15) is 0 Å². The number of aromatic nitrogens is 4. The normalized spacial score (nSPS) is 27.5. The summed E-state index contributed by atoms with van der Waals surface area (Å²) < 4.78 is 8.09. The second-order valence-electron chi connectivity index (χ2n) is 7.40. The Kier molecular flexibility index (Phi) is 4.00. The molecular weight excluding hydrogens is 316 g/mol. The lowest BCUT2D eigenvalue weighted by Crippen LogP contribution is -2.50.